The van der Waals surface area contributed by atoms with Crippen molar-refractivity contribution in [3.8, 4) is 5.75 Å². The van der Waals surface area contributed by atoms with E-state index in [0.29, 0.717) is 17.9 Å². The van der Waals surface area contributed by atoms with Gasteiger partial charge in [-0.1, -0.05) is 0 Å². The van der Waals surface area contributed by atoms with E-state index in [0.717, 1.165) is 67.7 Å². The maximum Gasteiger partial charge on any atom is 0.229 e. The fraction of sp³-hybridized carbons (Fsp3) is 0.522. The van der Waals surface area contributed by atoms with Gasteiger partial charge in [-0.15, -0.1) is 0 Å². The minimum atomic E-state index is 0.279. The molecule has 0 spiro atoms. The largest absolute Gasteiger partial charge is 0.495 e. The van der Waals surface area contributed by atoms with Gasteiger partial charge in [-0.3, -0.25) is 0 Å². The molecule has 2 aromatic heterocycles. The molecule has 1 aromatic carbocycles. The number of aromatic nitrogens is 4. The Hall–Kier alpha value is -2.71. The van der Waals surface area contributed by atoms with Gasteiger partial charge in [-0.2, -0.15) is 10.1 Å². The van der Waals surface area contributed by atoms with Gasteiger partial charge in [0.2, 0.25) is 5.95 Å². The van der Waals surface area contributed by atoms with Crippen molar-refractivity contribution in [2.75, 3.05) is 32.6 Å². The van der Waals surface area contributed by atoms with Crippen LogP contribution in [0.15, 0.2) is 24.5 Å². The Labute approximate surface area is 182 Å². The van der Waals surface area contributed by atoms with E-state index < -0.39 is 0 Å². The van der Waals surface area contributed by atoms with Crippen LogP contribution in [0.2, 0.25) is 0 Å². The summed E-state index contributed by atoms with van der Waals surface area (Å²) in [7, 11) is 3.84. The van der Waals surface area contributed by atoms with E-state index in [4.69, 9.17) is 9.72 Å². The van der Waals surface area contributed by atoms with Crippen LogP contribution in [0.5, 0.6) is 5.75 Å². The fourth-order valence-corrected chi connectivity index (χ4v) is 4.85. The third-order valence-corrected chi connectivity index (χ3v) is 6.73. The molecule has 1 aliphatic carbocycles. The number of aliphatic hydroxyl groups is 1. The molecule has 8 nitrogen and oxygen atoms in total. The van der Waals surface area contributed by atoms with Crippen molar-refractivity contribution in [3.63, 3.8) is 0 Å². The van der Waals surface area contributed by atoms with Gasteiger partial charge in [0, 0.05) is 25.9 Å². The molecular formula is C23H30N6O2. The minimum absolute atomic E-state index is 0.279. The number of benzene rings is 1. The second-order valence-corrected chi connectivity index (χ2v) is 8.85. The van der Waals surface area contributed by atoms with Crippen molar-refractivity contribution in [3.05, 3.63) is 35.7 Å². The summed E-state index contributed by atoms with van der Waals surface area (Å²) in [5.41, 5.74) is 4.38. The Morgan fingerprint density at radius 3 is 2.77 bits per heavy atom. The third kappa shape index (κ3) is 3.97. The Bertz CT molecular complexity index is 1070. The maximum absolute atomic E-state index is 9.42. The van der Waals surface area contributed by atoms with Crippen molar-refractivity contribution in [2.45, 2.75) is 44.7 Å². The van der Waals surface area contributed by atoms with Crippen molar-refractivity contribution >= 4 is 22.7 Å². The second-order valence-electron chi connectivity index (χ2n) is 8.85. The quantitative estimate of drug-likeness (QED) is 0.652. The molecule has 1 saturated carbocycles. The van der Waals surface area contributed by atoms with Crippen LogP contribution in [0.4, 0.5) is 11.6 Å². The van der Waals surface area contributed by atoms with E-state index in [1.807, 2.05) is 17.1 Å². The zero-order chi connectivity index (χ0) is 21.4. The molecule has 0 bridgehead atoms. The van der Waals surface area contributed by atoms with Gasteiger partial charge >= 0.3 is 0 Å². The molecule has 0 unspecified atom stereocenters. The monoisotopic (exact) mass is 422 g/mol. The van der Waals surface area contributed by atoms with E-state index in [2.05, 4.69) is 39.5 Å². The molecule has 0 atom stereocenters. The molecule has 8 heteroatoms. The number of hydrogen-bond acceptors (Lipinski definition) is 7. The lowest BCUT2D eigenvalue weighted by molar-refractivity contribution is 0.166. The number of anilines is 2. The molecule has 0 amide bonds. The summed E-state index contributed by atoms with van der Waals surface area (Å²) in [6.45, 7) is 2.27. The first-order valence-corrected chi connectivity index (χ1v) is 11.1. The predicted molar refractivity (Wildman–Crippen MR) is 120 cm³/mol. The average Bonchev–Trinajstić information content (AvgIpc) is 3.22. The van der Waals surface area contributed by atoms with Crippen LogP contribution in [0.25, 0.3) is 11.0 Å². The lowest BCUT2D eigenvalue weighted by Gasteiger charge is -2.27. The number of aliphatic hydroxyl groups excluding tert-OH is 1. The van der Waals surface area contributed by atoms with Crippen molar-refractivity contribution < 1.29 is 9.84 Å². The van der Waals surface area contributed by atoms with E-state index in [1.54, 1.807) is 7.11 Å². The van der Waals surface area contributed by atoms with Gasteiger partial charge in [0.15, 0.2) is 5.65 Å². The number of ether oxygens (including phenoxy) is 1. The van der Waals surface area contributed by atoms with Gasteiger partial charge in [-0.05, 0) is 68.3 Å². The van der Waals surface area contributed by atoms with Gasteiger partial charge in [-0.25, -0.2) is 9.67 Å². The molecule has 164 valence electrons. The van der Waals surface area contributed by atoms with Crippen molar-refractivity contribution in [1.29, 1.82) is 0 Å². The van der Waals surface area contributed by atoms with Gasteiger partial charge < -0.3 is 20.1 Å². The molecule has 2 N–H and O–H groups in total. The number of fused-ring (bicyclic) bond motifs is 2. The normalized spacial score (nSPS) is 21.8. The maximum atomic E-state index is 9.42. The molecular weight excluding hydrogens is 392 g/mol. The second kappa shape index (κ2) is 8.43. The van der Waals surface area contributed by atoms with Crippen LogP contribution in [-0.4, -0.2) is 57.1 Å². The number of rotatable bonds is 5. The fourth-order valence-electron chi connectivity index (χ4n) is 4.85. The summed E-state index contributed by atoms with van der Waals surface area (Å²) in [6.07, 6.45) is 8.78. The smallest absolute Gasteiger partial charge is 0.229 e. The van der Waals surface area contributed by atoms with E-state index in [1.165, 1.54) is 11.1 Å². The Balaban J connectivity index is 1.43. The van der Waals surface area contributed by atoms with Crippen LogP contribution < -0.4 is 10.1 Å². The highest BCUT2D eigenvalue weighted by molar-refractivity contribution is 5.76. The molecule has 3 aromatic rings. The Morgan fingerprint density at radius 2 is 2.00 bits per heavy atom. The standard InChI is InChI=1S/C23H30N6O2/c1-28-8-7-16-10-21(31-2)20(9-17(16)13-28)26-23-24-11-18-12-25-29(22(18)27-23)19-5-3-15(14-30)4-6-19/h9-12,15,19,30H,3-8,13-14H2,1-2H3,(H,24,26,27)/t15-,19+. The van der Waals surface area contributed by atoms with E-state index in [9.17, 15) is 5.11 Å². The minimum Gasteiger partial charge on any atom is -0.495 e. The summed E-state index contributed by atoms with van der Waals surface area (Å²) in [5.74, 6) is 1.77. The topological polar surface area (TPSA) is 88.3 Å². The number of nitrogens with one attached hydrogen (secondary N) is 1. The zero-order valence-corrected chi connectivity index (χ0v) is 18.2. The Morgan fingerprint density at radius 1 is 1.16 bits per heavy atom. The van der Waals surface area contributed by atoms with Gasteiger partial charge in [0.05, 0.1) is 30.4 Å². The van der Waals surface area contributed by atoms with Crippen LogP contribution in [0, 0.1) is 5.92 Å². The first-order chi connectivity index (χ1) is 15.1. The molecule has 0 radical (unpaired) electrons. The Kier molecular flexibility index (Phi) is 5.50. The summed E-state index contributed by atoms with van der Waals surface area (Å²) in [6, 6.07) is 4.61. The van der Waals surface area contributed by atoms with Crippen LogP contribution in [-0.2, 0) is 13.0 Å². The van der Waals surface area contributed by atoms with Gasteiger partial charge in [0.25, 0.3) is 0 Å². The summed E-state index contributed by atoms with van der Waals surface area (Å²) in [5, 5.41) is 18.4. The number of methoxy groups -OCH3 is 1. The number of likely N-dealkylation sites (N-methyl/N-ethyl adjacent to an activating group) is 1. The third-order valence-electron chi connectivity index (χ3n) is 6.73. The van der Waals surface area contributed by atoms with Crippen molar-refractivity contribution in [2.24, 2.45) is 5.92 Å². The van der Waals surface area contributed by atoms with E-state index in [-0.39, 0.29) is 6.61 Å². The SMILES string of the molecule is COc1cc2c(cc1Nc1ncc3cnn([C@H]4CC[C@@H](CO)CC4)c3n1)CN(C)CC2. The predicted octanol–water partition coefficient (Wildman–Crippen LogP) is 3.29. The zero-order valence-electron chi connectivity index (χ0n) is 18.2. The molecule has 3 heterocycles. The highest BCUT2D eigenvalue weighted by Gasteiger charge is 2.24. The van der Waals surface area contributed by atoms with Crippen molar-refractivity contribution in [1.82, 2.24) is 24.6 Å². The first kappa shape index (κ1) is 20.2. The van der Waals surface area contributed by atoms with Crippen LogP contribution >= 0.6 is 0 Å². The highest BCUT2D eigenvalue weighted by atomic mass is 16.5. The first-order valence-electron chi connectivity index (χ1n) is 11.1. The molecule has 2 aliphatic rings. The summed E-state index contributed by atoms with van der Waals surface area (Å²) >= 11 is 0. The highest BCUT2D eigenvalue weighted by Crippen LogP contribution is 2.35. The summed E-state index contributed by atoms with van der Waals surface area (Å²) < 4.78 is 7.69. The van der Waals surface area contributed by atoms with Gasteiger partial charge in [0.1, 0.15) is 5.75 Å². The van der Waals surface area contributed by atoms with E-state index >= 15 is 0 Å². The molecule has 5 rings (SSSR count). The lowest BCUT2D eigenvalue weighted by Crippen LogP contribution is -2.26. The number of hydrogen-bond donors (Lipinski definition) is 2. The van der Waals surface area contributed by atoms with Crippen LogP contribution in [0.3, 0.4) is 0 Å². The lowest BCUT2D eigenvalue weighted by atomic mass is 9.87. The average molecular weight is 423 g/mol. The summed E-state index contributed by atoms with van der Waals surface area (Å²) in [4.78, 5) is 11.6. The molecule has 1 fully saturated rings. The molecule has 31 heavy (non-hydrogen) atoms. The number of nitrogens with zero attached hydrogens (tertiary/aromatic N) is 5. The van der Waals surface area contributed by atoms with Crippen LogP contribution in [0.1, 0.15) is 42.9 Å². The molecule has 0 saturated heterocycles. The molecule has 1 aliphatic heterocycles.